The summed E-state index contributed by atoms with van der Waals surface area (Å²) in [6, 6.07) is 6.48. The van der Waals surface area contributed by atoms with E-state index in [1.807, 2.05) is 0 Å². The number of imide groups is 2. The topological polar surface area (TPSA) is 95.0 Å². The van der Waals surface area contributed by atoms with Crippen LogP contribution in [0.5, 0.6) is 0 Å². The number of hydrogen-bond acceptors (Lipinski definition) is 5. The van der Waals surface area contributed by atoms with Crippen LogP contribution in [0.2, 0.25) is 0 Å². The van der Waals surface area contributed by atoms with Crippen molar-refractivity contribution in [1.82, 2.24) is 9.80 Å². The summed E-state index contributed by atoms with van der Waals surface area (Å²) >= 11 is 0. The normalized spacial score (nSPS) is 22.7. The van der Waals surface area contributed by atoms with Crippen molar-refractivity contribution in [3.8, 4) is 0 Å². The van der Waals surface area contributed by atoms with Crippen LogP contribution >= 0.6 is 0 Å². The Kier molecular flexibility index (Phi) is 3.91. The van der Waals surface area contributed by atoms with E-state index in [9.17, 15) is 24.3 Å². The van der Waals surface area contributed by atoms with E-state index in [4.69, 9.17) is 0 Å². The largest absolute Gasteiger partial charge is 0.389 e. The third-order valence-electron chi connectivity index (χ3n) is 5.71. The molecule has 2 fully saturated rings. The van der Waals surface area contributed by atoms with Gasteiger partial charge in [-0.3, -0.25) is 29.0 Å². The molecule has 1 unspecified atom stereocenters. The summed E-state index contributed by atoms with van der Waals surface area (Å²) in [6.07, 6.45) is 2.33. The lowest BCUT2D eigenvalue weighted by molar-refractivity contribution is -0.143. The van der Waals surface area contributed by atoms with Gasteiger partial charge in [0.05, 0.1) is 35.7 Å². The Morgan fingerprint density at radius 2 is 1.46 bits per heavy atom. The van der Waals surface area contributed by atoms with Crippen LogP contribution in [0, 0.1) is 5.41 Å². The highest BCUT2D eigenvalue weighted by molar-refractivity contribution is 6.21. The van der Waals surface area contributed by atoms with Gasteiger partial charge in [0, 0.05) is 6.42 Å². The van der Waals surface area contributed by atoms with E-state index in [0.717, 1.165) is 22.6 Å². The van der Waals surface area contributed by atoms with Crippen LogP contribution in [-0.4, -0.2) is 57.7 Å². The number of carbonyl (C=O) groups is 4. The lowest BCUT2D eigenvalue weighted by Gasteiger charge is -2.24. The predicted octanol–water partition coefficient (Wildman–Crippen LogP) is 0.963. The molecule has 136 valence electrons. The highest BCUT2D eigenvalue weighted by atomic mass is 16.3. The van der Waals surface area contributed by atoms with Crippen molar-refractivity contribution >= 4 is 23.6 Å². The molecule has 0 aromatic heterocycles. The molecule has 1 saturated heterocycles. The second kappa shape index (κ2) is 6.02. The first kappa shape index (κ1) is 16.9. The van der Waals surface area contributed by atoms with Crippen LogP contribution in [0.25, 0.3) is 0 Å². The molecule has 4 amide bonds. The van der Waals surface area contributed by atoms with E-state index in [0.29, 0.717) is 24.0 Å². The molecule has 1 aliphatic carbocycles. The minimum Gasteiger partial charge on any atom is -0.389 e. The first-order valence-electron chi connectivity index (χ1n) is 8.91. The molecule has 1 aromatic rings. The molecule has 7 heteroatoms. The second-order valence-corrected chi connectivity index (χ2v) is 7.39. The fourth-order valence-electron chi connectivity index (χ4n) is 4.37. The van der Waals surface area contributed by atoms with Gasteiger partial charge in [0.1, 0.15) is 0 Å². The smallest absolute Gasteiger partial charge is 0.261 e. The van der Waals surface area contributed by atoms with Crippen molar-refractivity contribution in [3.05, 3.63) is 35.4 Å². The summed E-state index contributed by atoms with van der Waals surface area (Å²) in [7, 11) is 0. The summed E-state index contributed by atoms with van der Waals surface area (Å²) in [6.45, 7) is -0.427. The van der Waals surface area contributed by atoms with Gasteiger partial charge in [-0.05, 0) is 25.0 Å². The lowest BCUT2D eigenvalue weighted by Crippen LogP contribution is -2.45. The van der Waals surface area contributed by atoms with Gasteiger partial charge < -0.3 is 5.11 Å². The highest BCUT2D eigenvalue weighted by Crippen LogP contribution is 2.46. The number of hydrogen-bond donors (Lipinski definition) is 1. The Hall–Kier alpha value is -2.54. The van der Waals surface area contributed by atoms with Crippen molar-refractivity contribution in [2.45, 2.75) is 38.2 Å². The van der Waals surface area contributed by atoms with E-state index in [1.54, 1.807) is 24.3 Å². The first-order chi connectivity index (χ1) is 12.4. The molecular weight excluding hydrogens is 336 g/mol. The summed E-state index contributed by atoms with van der Waals surface area (Å²) in [4.78, 5) is 51.7. The zero-order chi connectivity index (χ0) is 18.5. The summed E-state index contributed by atoms with van der Waals surface area (Å²) in [5.74, 6) is -1.42. The van der Waals surface area contributed by atoms with Gasteiger partial charge in [-0.25, -0.2) is 0 Å². The van der Waals surface area contributed by atoms with Gasteiger partial charge in [-0.1, -0.05) is 25.0 Å². The van der Waals surface area contributed by atoms with E-state index in [1.165, 1.54) is 0 Å². The molecule has 1 atom stereocenters. The molecule has 26 heavy (non-hydrogen) atoms. The third-order valence-corrected chi connectivity index (χ3v) is 5.71. The lowest BCUT2D eigenvalue weighted by atomic mass is 9.84. The van der Waals surface area contributed by atoms with Gasteiger partial charge in [-0.2, -0.15) is 0 Å². The minimum absolute atomic E-state index is 0.188. The van der Waals surface area contributed by atoms with E-state index < -0.39 is 23.3 Å². The molecule has 2 aliphatic heterocycles. The molecule has 1 spiro atoms. The zero-order valence-electron chi connectivity index (χ0n) is 14.3. The number of aliphatic hydroxyl groups is 1. The average Bonchev–Trinajstić information content (AvgIpc) is 3.25. The molecule has 3 aliphatic rings. The monoisotopic (exact) mass is 356 g/mol. The maximum atomic E-state index is 12.7. The molecule has 4 rings (SSSR count). The zero-order valence-corrected chi connectivity index (χ0v) is 14.3. The van der Waals surface area contributed by atoms with Gasteiger partial charge in [0.2, 0.25) is 11.8 Å². The number of rotatable bonds is 4. The number of fused-ring (bicyclic) bond motifs is 1. The molecule has 7 nitrogen and oxygen atoms in total. The molecule has 2 heterocycles. The molecule has 0 bridgehead atoms. The molecule has 0 radical (unpaired) electrons. The van der Waals surface area contributed by atoms with Gasteiger partial charge in [0.25, 0.3) is 11.8 Å². The minimum atomic E-state index is -1.17. The predicted molar refractivity (Wildman–Crippen MR) is 90.1 cm³/mol. The van der Waals surface area contributed by atoms with E-state index in [2.05, 4.69) is 0 Å². The molecule has 1 aromatic carbocycles. The van der Waals surface area contributed by atoms with Gasteiger partial charge >= 0.3 is 0 Å². The van der Waals surface area contributed by atoms with E-state index >= 15 is 0 Å². The van der Waals surface area contributed by atoms with Crippen molar-refractivity contribution < 1.29 is 24.3 Å². The fourth-order valence-corrected chi connectivity index (χ4v) is 4.37. The summed E-state index contributed by atoms with van der Waals surface area (Å²) in [5.41, 5.74) is 0.0256. The number of likely N-dealkylation sites (tertiary alicyclic amines) is 1. The number of aliphatic hydroxyl groups excluding tert-OH is 1. The van der Waals surface area contributed by atoms with Crippen molar-refractivity contribution in [2.75, 3.05) is 13.1 Å². The van der Waals surface area contributed by atoms with Gasteiger partial charge in [-0.15, -0.1) is 0 Å². The van der Waals surface area contributed by atoms with Crippen LogP contribution in [0.3, 0.4) is 0 Å². The number of amides is 4. The maximum Gasteiger partial charge on any atom is 0.261 e. The molecule has 1 saturated carbocycles. The molecule has 1 N–H and O–H groups in total. The quantitative estimate of drug-likeness (QED) is 0.811. The van der Waals surface area contributed by atoms with Crippen molar-refractivity contribution in [1.29, 1.82) is 0 Å². The van der Waals surface area contributed by atoms with Crippen molar-refractivity contribution in [2.24, 2.45) is 5.41 Å². The van der Waals surface area contributed by atoms with Crippen LogP contribution in [0.4, 0.5) is 0 Å². The summed E-state index contributed by atoms with van der Waals surface area (Å²) in [5, 5.41) is 10.4. The number of nitrogens with zero attached hydrogens (tertiary/aromatic N) is 2. The number of carbonyl (C=O) groups excluding carboxylic acids is 4. The maximum absolute atomic E-state index is 12.7. The standard InChI is InChI=1S/C19H20N2O5/c22-12(10-20-15(23)9-19(18(20)26)7-3-4-8-19)11-21-16(24)13-5-1-2-6-14(13)17(21)25/h1-2,5-6,12,22H,3-4,7-11H2. The fraction of sp³-hybridized carbons (Fsp3) is 0.474. The highest BCUT2D eigenvalue weighted by Gasteiger charge is 2.52. The van der Waals surface area contributed by atoms with Crippen LogP contribution < -0.4 is 0 Å². The Bertz CT molecular complexity index is 777. The van der Waals surface area contributed by atoms with Crippen LogP contribution in [0.1, 0.15) is 52.8 Å². The molecular formula is C19H20N2O5. The Morgan fingerprint density at radius 1 is 0.923 bits per heavy atom. The first-order valence-corrected chi connectivity index (χ1v) is 8.91. The average molecular weight is 356 g/mol. The van der Waals surface area contributed by atoms with Crippen molar-refractivity contribution in [3.63, 3.8) is 0 Å². The SMILES string of the molecule is O=C1CC2(CCCC2)C(=O)N1CC(O)CN1C(=O)c2ccccc2C1=O. The van der Waals surface area contributed by atoms with E-state index in [-0.39, 0.29) is 31.3 Å². The van der Waals surface area contributed by atoms with Crippen LogP contribution in [0.15, 0.2) is 24.3 Å². The van der Waals surface area contributed by atoms with Gasteiger partial charge in [0.15, 0.2) is 0 Å². The number of β-amino-alcohol motifs (C(OH)–C–C–N with tert-alkyl or cyclic N) is 1. The Balaban J connectivity index is 1.44. The Morgan fingerprint density at radius 3 is 2.04 bits per heavy atom. The number of benzene rings is 1. The Labute approximate surface area is 150 Å². The third kappa shape index (κ3) is 2.46. The second-order valence-electron chi connectivity index (χ2n) is 7.39. The summed E-state index contributed by atoms with van der Waals surface area (Å²) < 4.78 is 0. The van der Waals surface area contributed by atoms with Crippen LogP contribution in [-0.2, 0) is 9.59 Å².